The molecular weight excluding hydrogens is 304 g/mol. The van der Waals surface area contributed by atoms with E-state index in [4.69, 9.17) is 4.74 Å². The molecule has 1 N–H and O–H groups in total. The lowest BCUT2D eigenvalue weighted by Crippen LogP contribution is -2.31. The van der Waals surface area contributed by atoms with Gasteiger partial charge in [0.05, 0.1) is 13.0 Å². The lowest BCUT2D eigenvalue weighted by molar-refractivity contribution is -0.127. The van der Waals surface area contributed by atoms with Crippen LogP contribution in [0, 0.1) is 0 Å². The quantitative estimate of drug-likeness (QED) is 0.707. The fraction of sp³-hybridized carbons (Fsp3) is 0.579. The van der Waals surface area contributed by atoms with Gasteiger partial charge in [-0.3, -0.25) is 9.59 Å². The highest BCUT2D eigenvalue weighted by Crippen LogP contribution is 2.18. The maximum Gasteiger partial charge on any atom is 0.223 e. The molecule has 1 heterocycles. The molecule has 0 spiro atoms. The van der Waals surface area contributed by atoms with Gasteiger partial charge in [-0.25, -0.2) is 0 Å². The Morgan fingerprint density at radius 3 is 2.67 bits per heavy atom. The van der Waals surface area contributed by atoms with Crippen LogP contribution in [0.1, 0.15) is 51.0 Å². The van der Waals surface area contributed by atoms with Crippen molar-refractivity contribution in [2.24, 2.45) is 0 Å². The van der Waals surface area contributed by atoms with Crippen molar-refractivity contribution in [3.05, 3.63) is 29.8 Å². The average Bonchev–Trinajstić information content (AvgIpc) is 2.97. The Hall–Kier alpha value is -2.04. The van der Waals surface area contributed by atoms with Crippen LogP contribution in [-0.4, -0.2) is 43.0 Å². The molecule has 1 saturated heterocycles. The van der Waals surface area contributed by atoms with Crippen molar-refractivity contribution >= 4 is 11.8 Å². The molecule has 0 aliphatic carbocycles. The fourth-order valence-electron chi connectivity index (χ4n) is 2.74. The molecule has 1 aromatic carbocycles. The molecular formula is C19H28N2O3. The summed E-state index contributed by atoms with van der Waals surface area (Å²) in [6, 6.07) is 8.00. The van der Waals surface area contributed by atoms with Gasteiger partial charge >= 0.3 is 0 Å². The molecule has 5 heteroatoms. The third-order valence-corrected chi connectivity index (χ3v) is 4.24. The summed E-state index contributed by atoms with van der Waals surface area (Å²) >= 11 is 0. The average molecular weight is 332 g/mol. The number of benzene rings is 1. The van der Waals surface area contributed by atoms with Crippen molar-refractivity contribution in [3.8, 4) is 5.75 Å². The summed E-state index contributed by atoms with van der Waals surface area (Å²) in [6.45, 7) is 6.87. The summed E-state index contributed by atoms with van der Waals surface area (Å²) in [5.74, 6) is 1.51. The van der Waals surface area contributed by atoms with Gasteiger partial charge in [-0.1, -0.05) is 26.0 Å². The second-order valence-electron chi connectivity index (χ2n) is 6.51. The van der Waals surface area contributed by atoms with E-state index >= 15 is 0 Å². The Morgan fingerprint density at radius 1 is 1.29 bits per heavy atom. The van der Waals surface area contributed by atoms with Crippen LogP contribution < -0.4 is 10.1 Å². The smallest absolute Gasteiger partial charge is 0.223 e. The summed E-state index contributed by atoms with van der Waals surface area (Å²) in [5.41, 5.74) is 1.27. The first kappa shape index (κ1) is 18.3. The van der Waals surface area contributed by atoms with E-state index in [-0.39, 0.29) is 11.8 Å². The van der Waals surface area contributed by atoms with E-state index in [1.54, 1.807) is 0 Å². The number of hydrogen-bond acceptors (Lipinski definition) is 3. The highest BCUT2D eigenvalue weighted by atomic mass is 16.5. The molecule has 0 aromatic heterocycles. The number of amides is 2. The van der Waals surface area contributed by atoms with Gasteiger partial charge in [0.2, 0.25) is 11.8 Å². The minimum absolute atomic E-state index is 0.0125. The summed E-state index contributed by atoms with van der Waals surface area (Å²) in [6.07, 6.45) is 2.77. The lowest BCUT2D eigenvalue weighted by atomic mass is 10.0. The van der Waals surface area contributed by atoms with E-state index in [0.717, 1.165) is 31.7 Å². The third-order valence-electron chi connectivity index (χ3n) is 4.24. The third kappa shape index (κ3) is 5.87. The number of hydrogen-bond donors (Lipinski definition) is 1. The summed E-state index contributed by atoms with van der Waals surface area (Å²) in [5, 5.41) is 2.87. The van der Waals surface area contributed by atoms with Crippen LogP contribution in [-0.2, 0) is 9.59 Å². The molecule has 1 aliphatic heterocycles. The van der Waals surface area contributed by atoms with E-state index in [1.165, 1.54) is 5.56 Å². The zero-order chi connectivity index (χ0) is 17.4. The number of nitrogens with one attached hydrogen (secondary N) is 1. The van der Waals surface area contributed by atoms with E-state index in [1.807, 2.05) is 17.0 Å². The largest absolute Gasteiger partial charge is 0.493 e. The van der Waals surface area contributed by atoms with Crippen molar-refractivity contribution in [1.82, 2.24) is 10.2 Å². The maximum atomic E-state index is 11.8. The molecule has 2 rings (SSSR count). The number of likely N-dealkylation sites (tertiary alicyclic amines) is 1. The van der Waals surface area contributed by atoms with Crippen LogP contribution in [0.5, 0.6) is 5.75 Å². The van der Waals surface area contributed by atoms with Crippen molar-refractivity contribution in [3.63, 3.8) is 0 Å². The van der Waals surface area contributed by atoms with Gasteiger partial charge in [0.25, 0.3) is 0 Å². The van der Waals surface area contributed by atoms with E-state index in [2.05, 4.69) is 31.3 Å². The minimum Gasteiger partial charge on any atom is -0.493 e. The van der Waals surface area contributed by atoms with Gasteiger partial charge in [0, 0.05) is 26.1 Å². The zero-order valence-corrected chi connectivity index (χ0v) is 14.7. The minimum atomic E-state index is -0.0125. The van der Waals surface area contributed by atoms with E-state index in [9.17, 15) is 9.59 Å². The normalized spacial score (nSPS) is 14.3. The van der Waals surface area contributed by atoms with Crippen LogP contribution in [0.4, 0.5) is 0 Å². The first-order valence-electron chi connectivity index (χ1n) is 8.83. The number of ether oxygens (including phenoxy) is 1. The molecule has 1 aromatic rings. The summed E-state index contributed by atoms with van der Waals surface area (Å²) < 4.78 is 5.60. The number of carbonyl (C=O) groups is 2. The van der Waals surface area contributed by atoms with Gasteiger partial charge in [-0.05, 0) is 36.5 Å². The van der Waals surface area contributed by atoms with Crippen LogP contribution in [0.2, 0.25) is 0 Å². The number of carbonyl (C=O) groups excluding carboxylic acids is 2. The molecule has 0 unspecified atom stereocenters. The topological polar surface area (TPSA) is 58.6 Å². The van der Waals surface area contributed by atoms with Crippen molar-refractivity contribution in [1.29, 1.82) is 0 Å². The molecule has 132 valence electrons. The Bertz CT molecular complexity index is 540. The molecule has 0 saturated carbocycles. The predicted octanol–water partition coefficient (Wildman–Crippen LogP) is 2.71. The molecule has 0 bridgehead atoms. The van der Waals surface area contributed by atoms with Crippen LogP contribution in [0.25, 0.3) is 0 Å². The Balaban J connectivity index is 1.55. The van der Waals surface area contributed by atoms with Crippen molar-refractivity contribution in [2.45, 2.75) is 45.4 Å². The lowest BCUT2D eigenvalue weighted by Gasteiger charge is -2.15. The van der Waals surface area contributed by atoms with Gasteiger partial charge < -0.3 is 15.0 Å². The van der Waals surface area contributed by atoms with Crippen LogP contribution >= 0.6 is 0 Å². The van der Waals surface area contributed by atoms with Gasteiger partial charge in [-0.2, -0.15) is 0 Å². The van der Waals surface area contributed by atoms with Crippen LogP contribution in [0.15, 0.2) is 24.3 Å². The highest BCUT2D eigenvalue weighted by Gasteiger charge is 2.18. The van der Waals surface area contributed by atoms with Gasteiger partial charge in [0.1, 0.15) is 5.75 Å². The predicted molar refractivity (Wildman–Crippen MR) is 94.1 cm³/mol. The van der Waals surface area contributed by atoms with Gasteiger partial charge in [0.15, 0.2) is 0 Å². The number of rotatable bonds is 9. The van der Waals surface area contributed by atoms with Crippen molar-refractivity contribution in [2.75, 3.05) is 26.2 Å². The molecule has 0 atom stereocenters. The maximum absolute atomic E-state index is 11.8. The molecule has 24 heavy (non-hydrogen) atoms. The van der Waals surface area contributed by atoms with Gasteiger partial charge in [-0.15, -0.1) is 0 Å². The Morgan fingerprint density at radius 2 is 2.04 bits per heavy atom. The Kier molecular flexibility index (Phi) is 7.09. The SMILES string of the molecule is CC(C)c1ccc(OCCC(=O)NCCCN2CCCC2=O)cc1. The van der Waals surface area contributed by atoms with Crippen LogP contribution in [0.3, 0.4) is 0 Å². The molecule has 1 fully saturated rings. The molecule has 0 radical (unpaired) electrons. The van der Waals surface area contributed by atoms with E-state index < -0.39 is 0 Å². The zero-order valence-electron chi connectivity index (χ0n) is 14.7. The second-order valence-corrected chi connectivity index (χ2v) is 6.51. The highest BCUT2D eigenvalue weighted by molar-refractivity contribution is 5.78. The summed E-state index contributed by atoms with van der Waals surface area (Å²) in [7, 11) is 0. The Labute approximate surface area is 144 Å². The molecule has 1 aliphatic rings. The van der Waals surface area contributed by atoms with Crippen molar-refractivity contribution < 1.29 is 14.3 Å². The monoisotopic (exact) mass is 332 g/mol. The summed E-state index contributed by atoms with van der Waals surface area (Å²) in [4.78, 5) is 25.1. The molecule has 2 amide bonds. The number of nitrogens with zero attached hydrogens (tertiary/aromatic N) is 1. The fourth-order valence-corrected chi connectivity index (χ4v) is 2.74. The van der Waals surface area contributed by atoms with E-state index in [0.29, 0.717) is 31.9 Å². The first-order valence-corrected chi connectivity index (χ1v) is 8.83. The standard InChI is InChI=1S/C19H28N2O3/c1-15(2)16-6-8-17(9-7-16)24-14-10-18(22)20-11-4-13-21-12-3-5-19(21)23/h6-9,15H,3-5,10-14H2,1-2H3,(H,20,22). The molecule has 5 nitrogen and oxygen atoms in total. The second kappa shape index (κ2) is 9.30. The first-order chi connectivity index (χ1) is 11.6.